The minimum Gasteiger partial charge on any atom is -0.469 e. The first-order chi connectivity index (χ1) is 12.1. The molecule has 26 heavy (non-hydrogen) atoms. The summed E-state index contributed by atoms with van der Waals surface area (Å²) in [6.07, 6.45) is 4.74. The predicted octanol–water partition coefficient (Wildman–Crippen LogP) is 2.59. The van der Waals surface area contributed by atoms with Crippen molar-refractivity contribution in [1.82, 2.24) is 0 Å². The fourth-order valence-electron chi connectivity index (χ4n) is 6.85. The Balaban J connectivity index is 1.79. The molecule has 3 fully saturated rings. The molecule has 0 spiro atoms. The van der Waals surface area contributed by atoms with Gasteiger partial charge >= 0.3 is 5.97 Å². The van der Waals surface area contributed by atoms with E-state index in [2.05, 4.69) is 6.92 Å². The molecule has 4 aliphatic rings. The molecule has 2 saturated carbocycles. The van der Waals surface area contributed by atoms with Crippen LogP contribution in [-0.4, -0.2) is 46.7 Å². The fourth-order valence-corrected chi connectivity index (χ4v) is 6.85. The highest BCUT2D eigenvalue weighted by Gasteiger charge is 2.76. The van der Waals surface area contributed by atoms with E-state index in [0.717, 1.165) is 31.3 Å². The van der Waals surface area contributed by atoms with Crippen molar-refractivity contribution in [2.75, 3.05) is 7.11 Å². The summed E-state index contributed by atoms with van der Waals surface area (Å²) < 4.78 is 11.2. The van der Waals surface area contributed by atoms with Crippen LogP contribution in [0.4, 0.5) is 0 Å². The molecule has 0 amide bonds. The van der Waals surface area contributed by atoms with Gasteiger partial charge < -0.3 is 19.7 Å². The number of epoxide rings is 1. The summed E-state index contributed by atoms with van der Waals surface area (Å²) in [6, 6.07) is 0. The number of methoxy groups -OCH3 is 1. The standard InChI is InChI=1S/C21H32O5/c1-12(2)21-15(22)11-14-18(3)8-6-9-19(4,17(23)25-5)13(18)7-10-20(14,24)16(21)26-21/h11-13,15-16,22,24H,6-10H2,1-5H3/t13-,15?,16+,18+,19-,20+,21-/m1/s1. The molecule has 1 aliphatic heterocycles. The number of aliphatic hydroxyl groups excluding tert-OH is 1. The van der Waals surface area contributed by atoms with Crippen molar-refractivity contribution in [3.63, 3.8) is 0 Å². The maximum atomic E-state index is 12.6. The van der Waals surface area contributed by atoms with Crippen LogP contribution in [0.2, 0.25) is 0 Å². The average molecular weight is 364 g/mol. The first kappa shape index (κ1) is 18.5. The summed E-state index contributed by atoms with van der Waals surface area (Å²) >= 11 is 0. The lowest BCUT2D eigenvalue weighted by atomic mass is 9.45. The van der Waals surface area contributed by atoms with Crippen molar-refractivity contribution in [1.29, 1.82) is 0 Å². The van der Waals surface area contributed by atoms with Gasteiger partial charge in [0.1, 0.15) is 23.4 Å². The smallest absolute Gasteiger partial charge is 0.311 e. The third-order valence-electron chi connectivity index (χ3n) is 8.28. The maximum Gasteiger partial charge on any atom is 0.311 e. The summed E-state index contributed by atoms with van der Waals surface area (Å²) in [5.74, 6) is 0.0665. The quantitative estimate of drug-likeness (QED) is 0.447. The van der Waals surface area contributed by atoms with Crippen LogP contribution in [0.1, 0.15) is 59.8 Å². The normalized spacial score (nSPS) is 52.5. The number of rotatable bonds is 2. The van der Waals surface area contributed by atoms with E-state index in [4.69, 9.17) is 9.47 Å². The van der Waals surface area contributed by atoms with E-state index in [1.54, 1.807) is 0 Å². The SMILES string of the molecule is COC(=O)[C@]1(C)CCC[C@]2(C)C3=CC(O)[C@@]4(C(C)C)O[C@H]4[C@]3(O)CC[C@@H]12. The van der Waals surface area contributed by atoms with E-state index >= 15 is 0 Å². The highest BCUT2D eigenvalue weighted by atomic mass is 16.6. The molecular formula is C21H32O5. The summed E-state index contributed by atoms with van der Waals surface area (Å²) in [7, 11) is 1.46. The molecule has 0 radical (unpaired) electrons. The van der Waals surface area contributed by atoms with Crippen LogP contribution in [0.3, 0.4) is 0 Å². The minimum absolute atomic E-state index is 0.0974. The molecular weight excluding hydrogens is 332 g/mol. The van der Waals surface area contributed by atoms with E-state index < -0.39 is 22.7 Å². The minimum atomic E-state index is -1.04. The van der Waals surface area contributed by atoms with Gasteiger partial charge in [0.05, 0.1) is 12.5 Å². The summed E-state index contributed by atoms with van der Waals surface area (Å²) in [4.78, 5) is 12.6. The molecule has 1 heterocycles. The zero-order chi connectivity index (χ0) is 19.1. The van der Waals surface area contributed by atoms with Crippen LogP contribution >= 0.6 is 0 Å². The number of ether oxygens (including phenoxy) is 2. The van der Waals surface area contributed by atoms with Gasteiger partial charge in [-0.15, -0.1) is 0 Å². The van der Waals surface area contributed by atoms with Crippen LogP contribution in [0.25, 0.3) is 0 Å². The average Bonchev–Trinajstić information content (AvgIpc) is 3.35. The van der Waals surface area contributed by atoms with Crippen molar-refractivity contribution >= 4 is 5.97 Å². The third kappa shape index (κ3) is 1.95. The topological polar surface area (TPSA) is 79.3 Å². The molecule has 5 heteroatoms. The molecule has 4 rings (SSSR count). The Morgan fingerprint density at radius 3 is 2.62 bits per heavy atom. The molecule has 7 atom stereocenters. The highest BCUT2D eigenvalue weighted by molar-refractivity contribution is 5.77. The lowest BCUT2D eigenvalue weighted by molar-refractivity contribution is -0.167. The van der Waals surface area contributed by atoms with E-state index in [-0.39, 0.29) is 29.3 Å². The molecule has 0 aromatic carbocycles. The van der Waals surface area contributed by atoms with E-state index in [0.29, 0.717) is 6.42 Å². The molecule has 0 aromatic heterocycles. The molecule has 0 aromatic rings. The van der Waals surface area contributed by atoms with Gasteiger partial charge in [0.25, 0.3) is 0 Å². The van der Waals surface area contributed by atoms with Crippen LogP contribution in [0.5, 0.6) is 0 Å². The van der Waals surface area contributed by atoms with Crippen LogP contribution < -0.4 is 0 Å². The first-order valence-corrected chi connectivity index (χ1v) is 9.97. The second-order valence-corrected chi connectivity index (χ2v) is 9.73. The molecule has 1 unspecified atom stereocenters. The lowest BCUT2D eigenvalue weighted by Gasteiger charge is -2.59. The van der Waals surface area contributed by atoms with Crippen molar-refractivity contribution in [3.8, 4) is 0 Å². The van der Waals surface area contributed by atoms with Gasteiger partial charge in [-0.05, 0) is 55.4 Å². The van der Waals surface area contributed by atoms with Gasteiger partial charge in [-0.3, -0.25) is 4.79 Å². The van der Waals surface area contributed by atoms with Gasteiger partial charge in [0.15, 0.2) is 0 Å². The van der Waals surface area contributed by atoms with Gasteiger partial charge in [0, 0.05) is 0 Å². The Hall–Kier alpha value is -0.910. The summed E-state index contributed by atoms with van der Waals surface area (Å²) in [5.41, 5.74) is -1.69. The Labute approximate surface area is 155 Å². The van der Waals surface area contributed by atoms with Crippen molar-refractivity contribution in [2.24, 2.45) is 22.7 Å². The Morgan fingerprint density at radius 2 is 2.00 bits per heavy atom. The van der Waals surface area contributed by atoms with Crippen molar-refractivity contribution in [3.05, 3.63) is 11.6 Å². The summed E-state index contributed by atoms with van der Waals surface area (Å²) in [6.45, 7) is 8.24. The molecule has 5 nitrogen and oxygen atoms in total. The number of hydrogen-bond acceptors (Lipinski definition) is 5. The van der Waals surface area contributed by atoms with Gasteiger partial charge in [-0.25, -0.2) is 0 Å². The van der Waals surface area contributed by atoms with E-state index in [9.17, 15) is 15.0 Å². The monoisotopic (exact) mass is 364 g/mol. The molecule has 1 saturated heterocycles. The van der Waals surface area contributed by atoms with Gasteiger partial charge in [-0.1, -0.05) is 33.3 Å². The lowest BCUT2D eigenvalue weighted by Crippen LogP contribution is -2.61. The molecule has 2 N–H and O–H groups in total. The highest BCUT2D eigenvalue weighted by Crippen LogP contribution is 2.68. The molecule has 3 aliphatic carbocycles. The third-order valence-corrected chi connectivity index (χ3v) is 8.28. The fraction of sp³-hybridized carbons (Fsp3) is 0.857. The largest absolute Gasteiger partial charge is 0.469 e. The molecule has 146 valence electrons. The number of aliphatic hydroxyl groups is 2. The second-order valence-electron chi connectivity index (χ2n) is 9.73. The van der Waals surface area contributed by atoms with E-state index in [1.165, 1.54) is 7.11 Å². The number of carbonyl (C=O) groups is 1. The predicted molar refractivity (Wildman–Crippen MR) is 96.3 cm³/mol. The zero-order valence-corrected chi connectivity index (χ0v) is 16.5. The Morgan fingerprint density at radius 1 is 1.31 bits per heavy atom. The van der Waals surface area contributed by atoms with E-state index in [1.807, 2.05) is 26.8 Å². The number of esters is 1. The number of carbonyl (C=O) groups excluding carboxylic acids is 1. The number of hydrogen-bond donors (Lipinski definition) is 2. The summed E-state index contributed by atoms with van der Waals surface area (Å²) in [5, 5.41) is 22.6. The Kier molecular flexibility index (Phi) is 3.78. The van der Waals surface area contributed by atoms with Crippen LogP contribution in [0, 0.1) is 22.7 Å². The van der Waals surface area contributed by atoms with Gasteiger partial charge in [-0.2, -0.15) is 0 Å². The first-order valence-electron chi connectivity index (χ1n) is 9.97. The van der Waals surface area contributed by atoms with Crippen LogP contribution in [-0.2, 0) is 14.3 Å². The number of fused-ring (bicyclic) bond motifs is 5. The Bertz CT molecular complexity index is 671. The second kappa shape index (κ2) is 5.33. The van der Waals surface area contributed by atoms with Crippen LogP contribution in [0.15, 0.2) is 11.6 Å². The van der Waals surface area contributed by atoms with Gasteiger partial charge in [0.2, 0.25) is 0 Å². The zero-order valence-electron chi connectivity index (χ0n) is 16.5. The molecule has 0 bridgehead atoms. The van der Waals surface area contributed by atoms with Crippen molar-refractivity contribution in [2.45, 2.75) is 83.2 Å². The maximum absolute atomic E-state index is 12.6. The van der Waals surface area contributed by atoms with Crippen molar-refractivity contribution < 1.29 is 24.5 Å².